The summed E-state index contributed by atoms with van der Waals surface area (Å²) in [5, 5.41) is 4.76. The van der Waals surface area contributed by atoms with Gasteiger partial charge in [0.15, 0.2) is 5.82 Å². The highest BCUT2D eigenvalue weighted by Crippen LogP contribution is 2.41. The van der Waals surface area contributed by atoms with Crippen LogP contribution in [0, 0.1) is 6.92 Å². The lowest BCUT2D eigenvalue weighted by molar-refractivity contribution is 0.409. The lowest BCUT2D eigenvalue weighted by atomic mass is 10.0. The highest BCUT2D eigenvalue weighted by atomic mass is 16.5. The van der Waals surface area contributed by atoms with Crippen molar-refractivity contribution < 1.29 is 9.15 Å². The van der Waals surface area contributed by atoms with Crippen molar-refractivity contribution in [1.82, 2.24) is 9.78 Å². The largest absolute Gasteiger partial charge is 0.497 e. The molecule has 1 aliphatic rings. The molecule has 0 aliphatic carbocycles. The zero-order valence-corrected chi connectivity index (χ0v) is 14.0. The molecule has 0 amide bonds. The summed E-state index contributed by atoms with van der Waals surface area (Å²) in [6.07, 6.45) is 2.51. The summed E-state index contributed by atoms with van der Waals surface area (Å²) in [6, 6.07) is 12.0. The fourth-order valence-corrected chi connectivity index (χ4v) is 3.25. The highest BCUT2D eigenvalue weighted by molar-refractivity contribution is 5.89. The van der Waals surface area contributed by atoms with Gasteiger partial charge in [-0.15, -0.1) is 0 Å². The van der Waals surface area contributed by atoms with Gasteiger partial charge in [-0.05, 0) is 43.7 Å². The molecule has 5 nitrogen and oxygen atoms in total. The Morgan fingerprint density at radius 2 is 1.96 bits per heavy atom. The Hall–Kier alpha value is -2.82. The van der Waals surface area contributed by atoms with Crippen LogP contribution >= 0.6 is 0 Å². The Balaban J connectivity index is 1.86. The van der Waals surface area contributed by atoms with Crippen molar-refractivity contribution in [2.24, 2.45) is 4.99 Å². The van der Waals surface area contributed by atoms with Gasteiger partial charge < -0.3 is 9.15 Å². The maximum atomic E-state index is 5.63. The smallest absolute Gasteiger partial charge is 0.159 e. The van der Waals surface area contributed by atoms with Crippen LogP contribution in [-0.4, -0.2) is 22.6 Å². The summed E-state index contributed by atoms with van der Waals surface area (Å²) in [5.41, 5.74) is 4.20. The molecule has 1 aromatic carbocycles. The molecule has 122 valence electrons. The van der Waals surface area contributed by atoms with Gasteiger partial charge in [-0.2, -0.15) is 5.10 Å². The van der Waals surface area contributed by atoms with Gasteiger partial charge in [-0.1, -0.05) is 12.1 Å². The molecule has 4 rings (SSSR count). The first-order valence-corrected chi connectivity index (χ1v) is 7.98. The molecular weight excluding hydrogens is 302 g/mol. The second-order valence-corrected chi connectivity index (χ2v) is 6.04. The molecule has 3 aromatic rings. The second-order valence-electron chi connectivity index (χ2n) is 6.04. The Labute approximate surface area is 140 Å². The van der Waals surface area contributed by atoms with E-state index in [4.69, 9.17) is 19.2 Å². The number of nitrogens with zero attached hydrogens (tertiary/aromatic N) is 3. The van der Waals surface area contributed by atoms with E-state index in [9.17, 15) is 0 Å². The maximum absolute atomic E-state index is 5.63. The highest BCUT2D eigenvalue weighted by Gasteiger charge is 2.29. The average Bonchev–Trinajstić information content (AvgIpc) is 3.22. The van der Waals surface area contributed by atoms with Crippen molar-refractivity contribution in [2.45, 2.75) is 26.3 Å². The average molecular weight is 321 g/mol. The first-order chi connectivity index (χ1) is 11.7. The van der Waals surface area contributed by atoms with Gasteiger partial charge in [-0.3, -0.25) is 0 Å². The lowest BCUT2D eigenvalue weighted by Crippen LogP contribution is -2.18. The third-order valence-electron chi connectivity index (χ3n) is 4.39. The number of hydrogen-bond acceptors (Lipinski definition) is 4. The molecule has 0 saturated heterocycles. The molecular formula is C19H19N3O2. The number of furan rings is 1. The van der Waals surface area contributed by atoms with Crippen molar-refractivity contribution in [3.05, 3.63) is 54.1 Å². The number of ether oxygens (including phenoxy) is 1. The molecule has 1 atom stereocenters. The molecule has 24 heavy (non-hydrogen) atoms. The van der Waals surface area contributed by atoms with E-state index in [1.807, 2.05) is 48.0 Å². The van der Waals surface area contributed by atoms with Crippen molar-refractivity contribution in [1.29, 1.82) is 0 Å². The summed E-state index contributed by atoms with van der Waals surface area (Å²) in [5.74, 6) is 2.64. The van der Waals surface area contributed by atoms with Crippen LogP contribution in [0.25, 0.3) is 11.1 Å². The minimum atomic E-state index is 0.0539. The number of benzene rings is 1. The summed E-state index contributed by atoms with van der Waals surface area (Å²) in [6.45, 7) is 4.08. The van der Waals surface area contributed by atoms with Gasteiger partial charge in [-0.25, -0.2) is 9.67 Å². The molecule has 5 heteroatoms. The number of fused-ring (bicyclic) bond motifs is 1. The molecule has 1 aliphatic heterocycles. The van der Waals surface area contributed by atoms with Gasteiger partial charge >= 0.3 is 0 Å². The Kier molecular flexibility index (Phi) is 3.49. The molecule has 0 spiro atoms. The molecule has 0 unspecified atom stereocenters. The number of hydrogen-bond donors (Lipinski definition) is 0. The number of aromatic nitrogens is 2. The van der Waals surface area contributed by atoms with Crippen LogP contribution in [0.3, 0.4) is 0 Å². The predicted octanol–water partition coefficient (Wildman–Crippen LogP) is 4.55. The minimum absolute atomic E-state index is 0.0539. The molecule has 0 bridgehead atoms. The van der Waals surface area contributed by atoms with Crippen molar-refractivity contribution >= 4 is 11.5 Å². The van der Waals surface area contributed by atoms with Gasteiger partial charge in [0.25, 0.3) is 0 Å². The van der Waals surface area contributed by atoms with E-state index in [1.165, 1.54) is 0 Å². The molecule has 0 N–H and O–H groups in total. The van der Waals surface area contributed by atoms with Gasteiger partial charge in [0.05, 0.1) is 19.1 Å². The molecule has 0 fully saturated rings. The Bertz CT molecular complexity index is 890. The van der Waals surface area contributed by atoms with Gasteiger partial charge in [0, 0.05) is 17.7 Å². The summed E-state index contributed by atoms with van der Waals surface area (Å²) < 4.78 is 12.9. The van der Waals surface area contributed by atoms with E-state index in [1.54, 1.807) is 13.4 Å². The van der Waals surface area contributed by atoms with E-state index in [0.717, 1.165) is 46.3 Å². The SMILES string of the molecule is COc1ccc(-c2c(C)nn3c2N=C(C)C[C@@H]3c2ccco2)cc1. The second kappa shape index (κ2) is 5.67. The lowest BCUT2D eigenvalue weighted by Gasteiger charge is -2.21. The van der Waals surface area contributed by atoms with E-state index in [2.05, 4.69) is 6.92 Å². The summed E-state index contributed by atoms with van der Waals surface area (Å²) in [7, 11) is 1.67. The Morgan fingerprint density at radius 1 is 1.17 bits per heavy atom. The van der Waals surface area contributed by atoms with Crippen LogP contribution in [0.15, 0.2) is 52.1 Å². The van der Waals surface area contributed by atoms with Gasteiger partial charge in [0.2, 0.25) is 0 Å². The predicted molar refractivity (Wildman–Crippen MR) is 93.2 cm³/mol. The van der Waals surface area contributed by atoms with Crippen LogP contribution in [0.2, 0.25) is 0 Å². The fraction of sp³-hybridized carbons (Fsp3) is 0.263. The summed E-state index contributed by atoms with van der Waals surface area (Å²) in [4.78, 5) is 4.79. The number of rotatable bonds is 3. The number of aliphatic imine (C=N–C) groups is 1. The van der Waals surface area contributed by atoms with Crippen molar-refractivity contribution in [3.8, 4) is 16.9 Å². The van der Waals surface area contributed by atoms with E-state index < -0.39 is 0 Å². The molecule has 2 aromatic heterocycles. The summed E-state index contributed by atoms with van der Waals surface area (Å²) >= 11 is 0. The first-order valence-electron chi connectivity index (χ1n) is 7.98. The normalized spacial score (nSPS) is 16.6. The first kappa shape index (κ1) is 14.8. The van der Waals surface area contributed by atoms with Gasteiger partial charge in [0.1, 0.15) is 17.6 Å². The third kappa shape index (κ3) is 2.33. The number of aryl methyl sites for hydroxylation is 1. The zero-order chi connectivity index (χ0) is 16.7. The minimum Gasteiger partial charge on any atom is -0.497 e. The van der Waals surface area contributed by atoms with Crippen LogP contribution < -0.4 is 4.74 Å². The van der Waals surface area contributed by atoms with E-state index in [0.29, 0.717) is 0 Å². The molecule has 0 radical (unpaired) electrons. The standard InChI is InChI=1S/C19H19N3O2/c1-12-11-16(17-5-4-10-24-17)22-19(20-12)18(13(2)21-22)14-6-8-15(23-3)9-7-14/h4-10,16H,11H2,1-3H3/t16-/m1/s1. The quantitative estimate of drug-likeness (QED) is 0.711. The zero-order valence-electron chi connectivity index (χ0n) is 14.0. The topological polar surface area (TPSA) is 52.5 Å². The van der Waals surface area contributed by atoms with Crippen LogP contribution in [0.4, 0.5) is 5.82 Å². The Morgan fingerprint density at radius 3 is 2.62 bits per heavy atom. The number of methoxy groups -OCH3 is 1. The molecule has 0 saturated carbocycles. The van der Waals surface area contributed by atoms with Crippen molar-refractivity contribution in [2.75, 3.05) is 7.11 Å². The monoisotopic (exact) mass is 321 g/mol. The molecule has 3 heterocycles. The van der Waals surface area contributed by atoms with Crippen molar-refractivity contribution in [3.63, 3.8) is 0 Å². The van der Waals surface area contributed by atoms with E-state index >= 15 is 0 Å². The van der Waals surface area contributed by atoms with Crippen LogP contribution in [0.5, 0.6) is 5.75 Å². The van der Waals surface area contributed by atoms with Crippen LogP contribution in [0.1, 0.15) is 30.8 Å². The van der Waals surface area contributed by atoms with E-state index in [-0.39, 0.29) is 6.04 Å². The maximum Gasteiger partial charge on any atom is 0.159 e. The van der Waals surface area contributed by atoms with Crippen LogP contribution in [-0.2, 0) is 0 Å². The third-order valence-corrected chi connectivity index (χ3v) is 4.39. The fourth-order valence-electron chi connectivity index (χ4n) is 3.25.